The van der Waals surface area contributed by atoms with Crippen LogP contribution in [0.25, 0.3) is 33.4 Å². The van der Waals surface area contributed by atoms with Crippen molar-refractivity contribution in [3.05, 3.63) is 248 Å². The lowest BCUT2D eigenvalue weighted by atomic mass is 9.32. The third-order valence-corrected chi connectivity index (χ3v) is 16.1. The van der Waals surface area contributed by atoms with E-state index in [0.717, 1.165) is 0 Å². The van der Waals surface area contributed by atoms with Crippen molar-refractivity contribution in [3.63, 3.8) is 0 Å². The van der Waals surface area contributed by atoms with Gasteiger partial charge in [0.1, 0.15) is 0 Å². The van der Waals surface area contributed by atoms with E-state index in [1.54, 1.807) is 0 Å². The standard InChI is InChI=1S/C62H46BN/c1-35-29-37(3)56(38(4)30-35)41-33-52-58-53(34-41)62(48-23-13-9-19-44(48)45-20-10-14-24-49(45)62)51-26-16-28-55-60(51)64(58)59-50(25-15-27-54(59)63(55)57-39(5)31-36(2)32-40(57)6)61(52)46-21-11-7-17-42(46)43-18-8-12-22-47(43)61/h7-34H,1-6H3. The summed E-state index contributed by atoms with van der Waals surface area (Å²) in [6, 6.07) is 66.8. The maximum atomic E-state index is 2.78. The Kier molecular flexibility index (Phi) is 6.99. The highest BCUT2D eigenvalue weighted by molar-refractivity contribution is 6.98. The average Bonchev–Trinajstić information content (AvgIpc) is 3.75. The lowest BCUT2D eigenvalue weighted by molar-refractivity contribution is 0.710. The van der Waals surface area contributed by atoms with Crippen LogP contribution in [0.1, 0.15) is 77.9 Å². The molecular weight excluding hydrogens is 770 g/mol. The fraction of sp³-hybridized carbons (Fsp3) is 0.129. The van der Waals surface area contributed by atoms with Crippen molar-refractivity contribution in [3.8, 4) is 33.4 Å². The van der Waals surface area contributed by atoms with E-state index in [1.807, 2.05) is 0 Å². The molecule has 0 saturated heterocycles. The molecule has 0 aromatic heterocycles. The molecule has 0 unspecified atom stereocenters. The molecule has 0 fully saturated rings. The van der Waals surface area contributed by atoms with Crippen molar-refractivity contribution in [2.24, 2.45) is 0 Å². The van der Waals surface area contributed by atoms with Gasteiger partial charge in [-0.1, -0.05) is 185 Å². The minimum Gasteiger partial charge on any atom is -0.310 e. The highest BCUT2D eigenvalue weighted by Crippen LogP contribution is 2.70. The van der Waals surface area contributed by atoms with Gasteiger partial charge in [-0.05, 0) is 154 Å². The summed E-state index contributed by atoms with van der Waals surface area (Å²) < 4.78 is 0. The van der Waals surface area contributed by atoms with E-state index in [4.69, 9.17) is 0 Å². The third-order valence-electron chi connectivity index (χ3n) is 16.1. The molecule has 14 rings (SSSR count). The summed E-state index contributed by atoms with van der Waals surface area (Å²) in [6.45, 7) is 13.8. The number of hydrogen-bond acceptors (Lipinski definition) is 1. The number of benzene rings is 9. The van der Waals surface area contributed by atoms with Gasteiger partial charge in [0.15, 0.2) is 0 Å². The van der Waals surface area contributed by atoms with Crippen molar-refractivity contribution >= 4 is 40.2 Å². The van der Waals surface area contributed by atoms with Crippen molar-refractivity contribution in [2.75, 3.05) is 4.90 Å². The SMILES string of the molecule is Cc1cc(C)c(B2c3cccc4c3N3c5c2cccc5C2(c5ccccc5-c5ccccc52)c2cc(-c5c(C)cc(C)cc5C)cc(c23)C42c3ccccc3-c3ccccc32)c(C)c1. The van der Waals surface area contributed by atoms with Crippen LogP contribution in [0.5, 0.6) is 0 Å². The van der Waals surface area contributed by atoms with Gasteiger partial charge in [-0.2, -0.15) is 0 Å². The van der Waals surface area contributed by atoms with Gasteiger partial charge in [0, 0.05) is 11.4 Å². The molecule has 0 radical (unpaired) electrons. The highest BCUT2D eigenvalue weighted by atomic mass is 15.2. The molecule has 2 spiro atoms. The molecule has 0 saturated carbocycles. The predicted molar refractivity (Wildman–Crippen MR) is 268 cm³/mol. The summed E-state index contributed by atoms with van der Waals surface area (Å²) in [5.41, 5.74) is 33.8. The second-order valence-electron chi connectivity index (χ2n) is 19.4. The van der Waals surface area contributed by atoms with Gasteiger partial charge in [0.05, 0.1) is 16.5 Å². The smallest absolute Gasteiger partial charge is 0.247 e. The largest absolute Gasteiger partial charge is 0.310 e. The van der Waals surface area contributed by atoms with Crippen molar-refractivity contribution in [1.29, 1.82) is 0 Å². The van der Waals surface area contributed by atoms with Crippen molar-refractivity contribution < 1.29 is 0 Å². The van der Waals surface area contributed by atoms with Gasteiger partial charge in [0.2, 0.25) is 6.71 Å². The molecule has 1 nitrogen and oxygen atoms in total. The first-order valence-corrected chi connectivity index (χ1v) is 23.0. The summed E-state index contributed by atoms with van der Waals surface area (Å²) >= 11 is 0. The van der Waals surface area contributed by atoms with E-state index in [-0.39, 0.29) is 6.71 Å². The van der Waals surface area contributed by atoms with Crippen molar-refractivity contribution in [2.45, 2.75) is 52.4 Å². The third kappa shape index (κ3) is 4.10. The molecule has 0 amide bonds. The Labute approximate surface area is 376 Å². The maximum Gasteiger partial charge on any atom is 0.247 e. The number of rotatable bonds is 2. The number of aryl methyl sites for hydroxylation is 6. The summed E-state index contributed by atoms with van der Waals surface area (Å²) in [5.74, 6) is 0. The molecule has 0 N–H and O–H groups in total. The lowest BCUT2D eigenvalue weighted by Crippen LogP contribution is -2.61. The first-order chi connectivity index (χ1) is 31.2. The number of nitrogens with zero attached hydrogens (tertiary/aromatic N) is 1. The molecule has 2 heteroatoms. The minimum absolute atomic E-state index is 0.0369. The van der Waals surface area contributed by atoms with Gasteiger partial charge < -0.3 is 4.90 Å². The second-order valence-corrected chi connectivity index (χ2v) is 19.4. The Morgan fingerprint density at radius 1 is 0.344 bits per heavy atom. The minimum atomic E-state index is -0.591. The fourth-order valence-corrected chi connectivity index (χ4v) is 14.3. The van der Waals surface area contributed by atoms with E-state index in [2.05, 4.69) is 216 Å². The van der Waals surface area contributed by atoms with E-state index < -0.39 is 10.8 Å². The van der Waals surface area contributed by atoms with Gasteiger partial charge in [-0.25, -0.2) is 0 Å². The zero-order valence-electron chi connectivity index (χ0n) is 37.2. The molecule has 302 valence electrons. The van der Waals surface area contributed by atoms with Gasteiger partial charge in [0.25, 0.3) is 0 Å². The zero-order valence-corrected chi connectivity index (χ0v) is 37.2. The van der Waals surface area contributed by atoms with Gasteiger partial charge >= 0.3 is 0 Å². The van der Waals surface area contributed by atoms with Crippen LogP contribution >= 0.6 is 0 Å². The van der Waals surface area contributed by atoms with E-state index >= 15 is 0 Å². The molecule has 0 bridgehead atoms. The summed E-state index contributed by atoms with van der Waals surface area (Å²) in [4.78, 5) is 2.78. The lowest BCUT2D eigenvalue weighted by Gasteiger charge is -2.55. The van der Waals surface area contributed by atoms with Crippen molar-refractivity contribution in [1.82, 2.24) is 0 Å². The van der Waals surface area contributed by atoms with Crippen LogP contribution in [0.3, 0.4) is 0 Å². The first kappa shape index (κ1) is 36.3. The molecular formula is C62H46BN. The first-order valence-electron chi connectivity index (χ1n) is 23.0. The molecule has 0 atom stereocenters. The van der Waals surface area contributed by atoms with Gasteiger partial charge in [-0.15, -0.1) is 0 Å². The molecule has 3 aliphatic heterocycles. The quantitative estimate of drug-likeness (QED) is 0.157. The van der Waals surface area contributed by atoms with Crippen LogP contribution in [0.4, 0.5) is 17.1 Å². The maximum absolute atomic E-state index is 2.78. The molecule has 2 aliphatic carbocycles. The zero-order chi connectivity index (χ0) is 43.0. The second kappa shape index (κ2) is 12.3. The van der Waals surface area contributed by atoms with Crippen LogP contribution in [0.2, 0.25) is 0 Å². The van der Waals surface area contributed by atoms with Crippen LogP contribution < -0.4 is 21.3 Å². The summed E-state index contributed by atoms with van der Waals surface area (Å²) in [5, 5.41) is 0. The van der Waals surface area contributed by atoms with Crippen LogP contribution in [-0.2, 0) is 10.8 Å². The Morgan fingerprint density at radius 2 is 0.703 bits per heavy atom. The normalized spacial score (nSPS) is 15.2. The van der Waals surface area contributed by atoms with Crippen LogP contribution in [0.15, 0.2) is 170 Å². The highest BCUT2D eigenvalue weighted by Gasteiger charge is 2.61. The molecule has 5 aliphatic rings. The summed E-state index contributed by atoms with van der Waals surface area (Å²) in [6.07, 6.45) is 0. The van der Waals surface area contributed by atoms with Crippen LogP contribution in [0, 0.1) is 41.5 Å². The molecule has 9 aromatic carbocycles. The van der Waals surface area contributed by atoms with E-state index in [1.165, 1.54) is 145 Å². The summed E-state index contributed by atoms with van der Waals surface area (Å²) in [7, 11) is 0. The number of fused-ring (bicyclic) bond motifs is 14. The molecule has 9 aromatic rings. The molecule has 3 heterocycles. The fourth-order valence-electron chi connectivity index (χ4n) is 14.3. The van der Waals surface area contributed by atoms with E-state index in [0.29, 0.717) is 0 Å². The van der Waals surface area contributed by atoms with E-state index in [9.17, 15) is 0 Å². The Bertz CT molecular complexity index is 3290. The Balaban J connectivity index is 1.26. The average molecular weight is 816 g/mol. The Morgan fingerprint density at radius 3 is 1.11 bits per heavy atom. The monoisotopic (exact) mass is 815 g/mol. The number of para-hydroxylation sites is 2. The topological polar surface area (TPSA) is 3.24 Å². The Hall–Kier alpha value is -7.16. The van der Waals surface area contributed by atoms with Crippen LogP contribution in [-0.4, -0.2) is 6.71 Å². The number of hydrogen-bond donors (Lipinski definition) is 0. The number of anilines is 3. The molecule has 64 heavy (non-hydrogen) atoms. The predicted octanol–water partition coefficient (Wildman–Crippen LogP) is 12.9. The van der Waals surface area contributed by atoms with Gasteiger partial charge in [-0.3, -0.25) is 0 Å².